The molecule has 1 atom stereocenters. The minimum absolute atomic E-state index is 0.424. The molecule has 0 bridgehead atoms. The lowest BCUT2D eigenvalue weighted by Crippen LogP contribution is -2.38. The Kier molecular flexibility index (Phi) is 4.30. The van der Waals surface area contributed by atoms with Gasteiger partial charge in [-0.2, -0.15) is 0 Å². The first kappa shape index (κ1) is 13.4. The Hall–Kier alpha value is -1.00. The van der Waals surface area contributed by atoms with Gasteiger partial charge in [0.05, 0.1) is 12.3 Å². The molecule has 4 nitrogen and oxygen atoms in total. The van der Waals surface area contributed by atoms with Crippen LogP contribution in [0.3, 0.4) is 0 Å². The first-order valence-electron chi connectivity index (χ1n) is 6.31. The number of pyridine rings is 1. The maximum absolute atomic E-state index is 6.02. The minimum atomic E-state index is 0.424. The second-order valence-corrected chi connectivity index (χ2v) is 5.20. The van der Waals surface area contributed by atoms with Crippen LogP contribution in [0.5, 0.6) is 0 Å². The summed E-state index contributed by atoms with van der Waals surface area (Å²) in [6, 6.07) is 3.95. The number of aromatic nitrogens is 1. The quantitative estimate of drug-likeness (QED) is 0.807. The number of nitrogen functional groups attached to an aromatic ring is 1. The van der Waals surface area contributed by atoms with Crippen molar-refractivity contribution < 1.29 is 4.74 Å². The number of hydrogen-bond donors (Lipinski definition) is 1. The number of hydrogen-bond acceptors (Lipinski definition) is 4. The van der Waals surface area contributed by atoms with E-state index >= 15 is 0 Å². The zero-order chi connectivity index (χ0) is 13.1. The molecule has 1 aromatic rings. The van der Waals surface area contributed by atoms with E-state index in [9.17, 15) is 0 Å². The van der Waals surface area contributed by atoms with Crippen molar-refractivity contribution in [1.29, 1.82) is 0 Å². The van der Waals surface area contributed by atoms with Crippen LogP contribution < -0.4 is 10.6 Å². The summed E-state index contributed by atoms with van der Waals surface area (Å²) in [5, 5.41) is 0.476. The Morgan fingerprint density at radius 1 is 1.56 bits per heavy atom. The normalized spacial score (nSPS) is 16.6. The fourth-order valence-corrected chi connectivity index (χ4v) is 2.33. The third-order valence-electron chi connectivity index (χ3n) is 3.48. The van der Waals surface area contributed by atoms with Gasteiger partial charge < -0.3 is 15.4 Å². The van der Waals surface area contributed by atoms with Crippen molar-refractivity contribution in [2.75, 3.05) is 30.9 Å². The number of anilines is 2. The maximum Gasteiger partial charge on any atom is 0.153 e. The molecule has 1 heterocycles. The number of nitrogens with two attached hydrogens (primary N) is 1. The highest BCUT2D eigenvalue weighted by molar-refractivity contribution is 6.29. The summed E-state index contributed by atoms with van der Waals surface area (Å²) in [7, 11) is 1.70. The van der Waals surface area contributed by atoms with Crippen LogP contribution in [0.25, 0.3) is 0 Å². The van der Waals surface area contributed by atoms with Crippen molar-refractivity contribution in [2.24, 2.45) is 5.92 Å². The van der Waals surface area contributed by atoms with Gasteiger partial charge in [-0.05, 0) is 37.8 Å². The van der Waals surface area contributed by atoms with Crippen LogP contribution in [-0.4, -0.2) is 31.3 Å². The van der Waals surface area contributed by atoms with Gasteiger partial charge in [0.15, 0.2) is 5.82 Å². The number of methoxy groups -OCH3 is 1. The fraction of sp³-hybridized carbons (Fsp3) is 0.615. The number of rotatable bonds is 6. The molecule has 1 aliphatic carbocycles. The van der Waals surface area contributed by atoms with E-state index < -0.39 is 0 Å². The molecular formula is C13H20ClN3O. The van der Waals surface area contributed by atoms with Crippen molar-refractivity contribution in [2.45, 2.75) is 25.8 Å². The van der Waals surface area contributed by atoms with Gasteiger partial charge in [0.1, 0.15) is 5.15 Å². The molecule has 5 heteroatoms. The van der Waals surface area contributed by atoms with Gasteiger partial charge in [-0.25, -0.2) is 4.98 Å². The number of ether oxygens (including phenoxy) is 1. The number of nitrogens with zero attached hydrogens (tertiary/aromatic N) is 2. The van der Waals surface area contributed by atoms with Crippen LogP contribution in [0.1, 0.15) is 19.8 Å². The fourth-order valence-electron chi connectivity index (χ4n) is 2.19. The highest BCUT2D eigenvalue weighted by atomic mass is 35.5. The molecule has 1 saturated carbocycles. The van der Waals surface area contributed by atoms with Crippen molar-refractivity contribution in [1.82, 2.24) is 4.98 Å². The van der Waals surface area contributed by atoms with E-state index in [2.05, 4.69) is 16.8 Å². The summed E-state index contributed by atoms with van der Waals surface area (Å²) in [6.07, 6.45) is 2.57. The highest BCUT2D eigenvalue weighted by Gasteiger charge is 2.33. The van der Waals surface area contributed by atoms with E-state index in [1.54, 1.807) is 13.2 Å². The van der Waals surface area contributed by atoms with Crippen LogP contribution in [0.4, 0.5) is 11.5 Å². The predicted molar refractivity (Wildman–Crippen MR) is 75.1 cm³/mol. The topological polar surface area (TPSA) is 51.4 Å². The van der Waals surface area contributed by atoms with Gasteiger partial charge in [-0.15, -0.1) is 0 Å². The summed E-state index contributed by atoms with van der Waals surface area (Å²) in [5.74, 6) is 1.51. The molecule has 1 fully saturated rings. The summed E-state index contributed by atoms with van der Waals surface area (Å²) >= 11 is 5.97. The number of halogens is 1. The van der Waals surface area contributed by atoms with E-state index in [-0.39, 0.29) is 0 Å². The van der Waals surface area contributed by atoms with Gasteiger partial charge >= 0.3 is 0 Å². The van der Waals surface area contributed by atoms with Gasteiger partial charge in [0, 0.05) is 19.7 Å². The van der Waals surface area contributed by atoms with E-state index in [4.69, 9.17) is 22.1 Å². The summed E-state index contributed by atoms with van der Waals surface area (Å²) in [6.45, 7) is 3.66. The molecule has 100 valence electrons. The molecule has 0 saturated heterocycles. The molecule has 0 spiro atoms. The molecule has 0 radical (unpaired) electrons. The Morgan fingerprint density at radius 3 is 2.89 bits per heavy atom. The van der Waals surface area contributed by atoms with Crippen molar-refractivity contribution in [3.8, 4) is 0 Å². The lowest BCUT2D eigenvalue weighted by Gasteiger charge is -2.31. The lowest BCUT2D eigenvalue weighted by molar-refractivity contribution is 0.202. The van der Waals surface area contributed by atoms with Crippen LogP contribution in [-0.2, 0) is 4.74 Å². The Bertz CT molecular complexity index is 409. The Labute approximate surface area is 113 Å². The van der Waals surface area contributed by atoms with Crippen molar-refractivity contribution >= 4 is 23.1 Å². The van der Waals surface area contributed by atoms with Gasteiger partial charge in [-0.1, -0.05) is 11.6 Å². The van der Waals surface area contributed by atoms with E-state index in [0.29, 0.717) is 23.5 Å². The first-order valence-corrected chi connectivity index (χ1v) is 6.69. The maximum atomic E-state index is 6.02. The Balaban J connectivity index is 2.22. The molecule has 1 unspecified atom stereocenters. The molecule has 0 amide bonds. The second kappa shape index (κ2) is 5.76. The third kappa shape index (κ3) is 3.06. The molecule has 1 aromatic heterocycles. The second-order valence-electron chi connectivity index (χ2n) is 4.81. The molecule has 1 aliphatic rings. The SMILES string of the molecule is COCCN(c1nc(Cl)ccc1N)C(C)C1CC1. The lowest BCUT2D eigenvalue weighted by atomic mass is 10.1. The van der Waals surface area contributed by atoms with Crippen LogP contribution >= 0.6 is 11.6 Å². The molecular weight excluding hydrogens is 250 g/mol. The van der Waals surface area contributed by atoms with E-state index in [0.717, 1.165) is 18.3 Å². The predicted octanol–water partition coefficient (Wildman–Crippen LogP) is 2.57. The first-order chi connectivity index (χ1) is 8.63. The van der Waals surface area contributed by atoms with Crippen molar-refractivity contribution in [3.05, 3.63) is 17.3 Å². The highest BCUT2D eigenvalue weighted by Crippen LogP contribution is 2.37. The van der Waals surface area contributed by atoms with Gasteiger partial charge in [0.25, 0.3) is 0 Å². The molecule has 0 aromatic carbocycles. The summed E-state index contributed by atoms with van der Waals surface area (Å²) < 4.78 is 5.17. The standard InChI is InChI=1S/C13H20ClN3O/c1-9(10-3-4-10)17(7-8-18-2)13-11(15)5-6-12(14)16-13/h5-6,9-10H,3-4,7-8,15H2,1-2H3. The molecule has 2 N–H and O–H groups in total. The summed E-state index contributed by atoms with van der Waals surface area (Å²) in [5.41, 5.74) is 6.69. The largest absolute Gasteiger partial charge is 0.396 e. The molecule has 0 aliphatic heterocycles. The molecule has 2 rings (SSSR count). The average Bonchev–Trinajstić information content (AvgIpc) is 3.17. The zero-order valence-electron chi connectivity index (χ0n) is 10.9. The van der Waals surface area contributed by atoms with Gasteiger partial charge in [0.2, 0.25) is 0 Å². The monoisotopic (exact) mass is 269 g/mol. The van der Waals surface area contributed by atoms with Crippen LogP contribution in [0.15, 0.2) is 12.1 Å². The molecule has 18 heavy (non-hydrogen) atoms. The zero-order valence-corrected chi connectivity index (χ0v) is 11.7. The smallest absolute Gasteiger partial charge is 0.153 e. The third-order valence-corrected chi connectivity index (χ3v) is 3.69. The average molecular weight is 270 g/mol. The van der Waals surface area contributed by atoms with Gasteiger partial charge in [-0.3, -0.25) is 0 Å². The minimum Gasteiger partial charge on any atom is -0.396 e. The summed E-state index contributed by atoms with van der Waals surface area (Å²) in [4.78, 5) is 6.58. The van der Waals surface area contributed by atoms with Crippen LogP contribution in [0.2, 0.25) is 5.15 Å². The Morgan fingerprint density at radius 2 is 2.28 bits per heavy atom. The van der Waals surface area contributed by atoms with E-state index in [1.807, 2.05) is 6.07 Å². The van der Waals surface area contributed by atoms with Crippen LogP contribution in [0, 0.1) is 5.92 Å². The van der Waals surface area contributed by atoms with Crippen molar-refractivity contribution in [3.63, 3.8) is 0 Å². The van der Waals surface area contributed by atoms with E-state index in [1.165, 1.54) is 12.8 Å².